The van der Waals surface area contributed by atoms with Gasteiger partial charge in [-0.3, -0.25) is 9.69 Å². The molecule has 0 amide bonds. The Labute approximate surface area is 175 Å². The molecule has 2 aromatic carbocycles. The second kappa shape index (κ2) is 9.00. The molecule has 0 unspecified atom stereocenters. The molecular weight excluding hydrogens is 408 g/mol. The molecule has 0 radical (unpaired) electrons. The van der Waals surface area contributed by atoms with E-state index in [1.165, 1.54) is 6.07 Å². The predicted molar refractivity (Wildman–Crippen MR) is 109 cm³/mol. The molecule has 160 valence electrons. The lowest BCUT2D eigenvalue weighted by Gasteiger charge is -2.17. The number of hydrogen-bond acceptors (Lipinski definition) is 7. The van der Waals surface area contributed by atoms with Gasteiger partial charge >= 0.3 is 6.61 Å². The number of fused-ring (bicyclic) bond motifs is 1. The highest BCUT2D eigenvalue weighted by molar-refractivity contribution is 5.77. The van der Waals surface area contributed by atoms with Crippen LogP contribution < -0.4 is 10.3 Å². The monoisotopic (exact) mass is 427 g/mol. The maximum atomic E-state index is 12.6. The topological polar surface area (TPSA) is 97.1 Å². The molecule has 0 atom stereocenters. The van der Waals surface area contributed by atoms with Crippen molar-refractivity contribution in [3.8, 4) is 17.1 Å². The third-order valence-electron chi connectivity index (χ3n) is 4.65. The van der Waals surface area contributed by atoms with Gasteiger partial charge in [0.2, 0.25) is 11.7 Å². The number of nitrogens with zero attached hydrogens (tertiary/aromatic N) is 4. The van der Waals surface area contributed by atoms with E-state index in [0.29, 0.717) is 41.3 Å². The summed E-state index contributed by atoms with van der Waals surface area (Å²) in [5.41, 5.74) is 0.724. The summed E-state index contributed by atoms with van der Waals surface area (Å²) in [4.78, 5) is 25.8. The molecule has 2 aromatic heterocycles. The average Bonchev–Trinajstić information content (AvgIpc) is 3.21. The molecule has 0 saturated carbocycles. The van der Waals surface area contributed by atoms with Crippen molar-refractivity contribution in [2.45, 2.75) is 26.6 Å². The van der Waals surface area contributed by atoms with Crippen LogP contribution in [-0.4, -0.2) is 38.2 Å². The van der Waals surface area contributed by atoms with Crippen LogP contribution in [0.3, 0.4) is 0 Å². The number of H-pyrrole nitrogens is 1. The summed E-state index contributed by atoms with van der Waals surface area (Å²) >= 11 is 0. The van der Waals surface area contributed by atoms with E-state index in [2.05, 4.69) is 24.8 Å². The Bertz CT molecular complexity index is 1240. The zero-order valence-corrected chi connectivity index (χ0v) is 16.6. The van der Waals surface area contributed by atoms with Gasteiger partial charge in [0.25, 0.3) is 5.56 Å². The van der Waals surface area contributed by atoms with Crippen LogP contribution in [0.2, 0.25) is 0 Å². The van der Waals surface area contributed by atoms with Crippen LogP contribution in [0.15, 0.2) is 57.8 Å². The second-order valence-electron chi connectivity index (χ2n) is 6.72. The lowest BCUT2D eigenvalue weighted by atomic mass is 10.2. The van der Waals surface area contributed by atoms with E-state index >= 15 is 0 Å². The SMILES string of the molecule is CCN(Cc1nc2ccccc2c(=O)[nH]1)Cc1nc(-c2ccccc2OC(F)F)no1. The molecule has 0 aliphatic heterocycles. The van der Waals surface area contributed by atoms with Crippen molar-refractivity contribution in [2.75, 3.05) is 6.54 Å². The van der Waals surface area contributed by atoms with Gasteiger partial charge in [-0.15, -0.1) is 0 Å². The van der Waals surface area contributed by atoms with Gasteiger partial charge in [-0.2, -0.15) is 13.8 Å². The number of ether oxygens (including phenoxy) is 1. The number of nitrogens with one attached hydrogen (secondary N) is 1. The van der Waals surface area contributed by atoms with E-state index in [9.17, 15) is 13.6 Å². The Hall–Kier alpha value is -3.66. The quantitative estimate of drug-likeness (QED) is 0.459. The van der Waals surface area contributed by atoms with Crippen LogP contribution in [0.1, 0.15) is 18.6 Å². The third kappa shape index (κ3) is 4.75. The van der Waals surface area contributed by atoms with Gasteiger partial charge in [0.1, 0.15) is 11.6 Å². The van der Waals surface area contributed by atoms with Gasteiger partial charge in [-0.05, 0) is 30.8 Å². The summed E-state index contributed by atoms with van der Waals surface area (Å²) in [6.07, 6.45) is 0. The zero-order valence-electron chi connectivity index (χ0n) is 16.6. The molecule has 0 spiro atoms. The van der Waals surface area contributed by atoms with E-state index in [1.807, 2.05) is 17.9 Å². The first-order valence-electron chi connectivity index (χ1n) is 9.60. The van der Waals surface area contributed by atoms with E-state index in [1.54, 1.807) is 36.4 Å². The molecule has 1 N–H and O–H groups in total. The van der Waals surface area contributed by atoms with Crippen LogP contribution >= 0.6 is 0 Å². The molecule has 31 heavy (non-hydrogen) atoms. The summed E-state index contributed by atoms with van der Waals surface area (Å²) in [6.45, 7) is 0.262. The third-order valence-corrected chi connectivity index (χ3v) is 4.65. The van der Waals surface area contributed by atoms with Gasteiger partial charge in [0, 0.05) is 0 Å². The summed E-state index contributed by atoms with van der Waals surface area (Å²) in [7, 11) is 0. The minimum atomic E-state index is -2.96. The highest BCUT2D eigenvalue weighted by atomic mass is 19.3. The van der Waals surface area contributed by atoms with Crippen molar-refractivity contribution in [3.63, 3.8) is 0 Å². The lowest BCUT2D eigenvalue weighted by molar-refractivity contribution is -0.0494. The van der Waals surface area contributed by atoms with Crippen LogP contribution in [0, 0.1) is 0 Å². The van der Waals surface area contributed by atoms with Crippen molar-refractivity contribution in [2.24, 2.45) is 0 Å². The van der Waals surface area contributed by atoms with Crippen molar-refractivity contribution < 1.29 is 18.0 Å². The van der Waals surface area contributed by atoms with E-state index in [4.69, 9.17) is 4.52 Å². The van der Waals surface area contributed by atoms with Crippen LogP contribution in [0.4, 0.5) is 8.78 Å². The summed E-state index contributed by atoms with van der Waals surface area (Å²) in [5, 5.41) is 4.42. The lowest BCUT2D eigenvalue weighted by Crippen LogP contribution is -2.25. The molecule has 4 rings (SSSR count). The van der Waals surface area contributed by atoms with Crippen molar-refractivity contribution >= 4 is 10.9 Å². The number of hydrogen-bond donors (Lipinski definition) is 1. The van der Waals surface area contributed by atoms with Crippen molar-refractivity contribution in [1.29, 1.82) is 0 Å². The second-order valence-corrected chi connectivity index (χ2v) is 6.72. The molecule has 0 fully saturated rings. The molecule has 10 heteroatoms. The highest BCUT2D eigenvalue weighted by Crippen LogP contribution is 2.29. The summed E-state index contributed by atoms with van der Waals surface area (Å²) in [6, 6.07) is 13.4. The Kier molecular flexibility index (Phi) is 5.99. The number of halogens is 2. The van der Waals surface area contributed by atoms with E-state index in [0.717, 1.165) is 0 Å². The van der Waals surface area contributed by atoms with Gasteiger partial charge in [0.05, 0.1) is 29.6 Å². The summed E-state index contributed by atoms with van der Waals surface area (Å²) < 4.78 is 35.1. The number of alkyl halides is 2. The maximum Gasteiger partial charge on any atom is 0.387 e. The Morgan fingerprint density at radius 1 is 1.10 bits per heavy atom. The normalized spacial score (nSPS) is 11.5. The smallest absolute Gasteiger partial charge is 0.387 e. The molecule has 0 bridgehead atoms. The molecule has 0 aliphatic rings. The molecule has 8 nitrogen and oxygen atoms in total. The van der Waals surface area contributed by atoms with Crippen LogP contribution in [0.5, 0.6) is 5.75 Å². The number of aromatic amines is 1. The highest BCUT2D eigenvalue weighted by Gasteiger charge is 2.18. The molecule has 0 aliphatic carbocycles. The summed E-state index contributed by atoms with van der Waals surface area (Å²) in [5.74, 6) is 0.933. The Balaban J connectivity index is 1.52. The fraction of sp³-hybridized carbons (Fsp3) is 0.238. The first-order valence-corrected chi connectivity index (χ1v) is 9.60. The Morgan fingerprint density at radius 2 is 1.87 bits per heavy atom. The predicted octanol–water partition coefficient (Wildman–Crippen LogP) is 3.60. The van der Waals surface area contributed by atoms with E-state index in [-0.39, 0.29) is 23.7 Å². The maximum absolute atomic E-state index is 12.6. The molecule has 4 aromatic rings. The number of aromatic nitrogens is 4. The fourth-order valence-corrected chi connectivity index (χ4v) is 3.17. The van der Waals surface area contributed by atoms with Crippen molar-refractivity contribution in [1.82, 2.24) is 25.0 Å². The van der Waals surface area contributed by atoms with Gasteiger partial charge < -0.3 is 14.2 Å². The van der Waals surface area contributed by atoms with Gasteiger partial charge in [0.15, 0.2) is 0 Å². The van der Waals surface area contributed by atoms with Crippen LogP contribution in [-0.2, 0) is 13.1 Å². The number of para-hydroxylation sites is 2. The van der Waals surface area contributed by atoms with Gasteiger partial charge in [-0.25, -0.2) is 4.98 Å². The Morgan fingerprint density at radius 3 is 2.68 bits per heavy atom. The van der Waals surface area contributed by atoms with Gasteiger partial charge in [-0.1, -0.05) is 36.3 Å². The average molecular weight is 427 g/mol. The first-order chi connectivity index (χ1) is 15.0. The minimum absolute atomic E-state index is 0.0323. The molecule has 2 heterocycles. The van der Waals surface area contributed by atoms with Crippen LogP contribution in [0.25, 0.3) is 22.3 Å². The van der Waals surface area contributed by atoms with Crippen molar-refractivity contribution in [3.05, 3.63) is 70.6 Å². The molecular formula is C21H19F2N5O3. The van der Waals surface area contributed by atoms with E-state index < -0.39 is 6.61 Å². The number of rotatable bonds is 8. The molecule has 0 saturated heterocycles. The standard InChI is InChI=1S/C21H19F2N5O3/c1-2-28(11-17-24-15-9-5-3-7-13(15)20(29)25-17)12-18-26-19(27-31-18)14-8-4-6-10-16(14)30-21(22)23/h3-10,21H,2,11-12H2,1H3,(H,24,25,29). The largest absolute Gasteiger partial charge is 0.434 e. The zero-order chi connectivity index (χ0) is 21.8. The number of benzene rings is 2. The fourth-order valence-electron chi connectivity index (χ4n) is 3.17. The minimum Gasteiger partial charge on any atom is -0.434 e. The first kappa shape index (κ1) is 20.6.